The summed E-state index contributed by atoms with van der Waals surface area (Å²) in [5, 5.41) is 0. The molecule has 61 valence electrons. The summed E-state index contributed by atoms with van der Waals surface area (Å²) < 4.78 is 0. The van der Waals surface area contributed by atoms with Gasteiger partial charge in [-0.3, -0.25) is 0 Å². The van der Waals surface area contributed by atoms with Crippen LogP contribution in [-0.2, 0) is 32.7 Å². The average molecular weight is 227 g/mol. The number of rotatable bonds is 0. The van der Waals surface area contributed by atoms with Gasteiger partial charge in [0, 0.05) is 32.7 Å². The second-order valence-electron chi connectivity index (χ2n) is 4.71. The molecule has 11 heavy (non-hydrogen) atoms. The van der Waals surface area contributed by atoms with Crippen LogP contribution in [-0.4, -0.2) is 5.54 Å². The molecule has 2 fully saturated rings. The summed E-state index contributed by atoms with van der Waals surface area (Å²) in [5.41, 5.74) is 6.66. The van der Waals surface area contributed by atoms with E-state index in [1.165, 1.54) is 6.42 Å². The van der Waals surface area contributed by atoms with Crippen molar-refractivity contribution in [1.29, 1.82) is 0 Å². The Morgan fingerprint density at radius 3 is 2.09 bits per heavy atom. The maximum atomic E-state index is 6.08. The predicted molar refractivity (Wildman–Crippen MR) is 42.3 cm³/mol. The third kappa shape index (κ3) is 1.24. The molecule has 3 atom stereocenters. The Kier molecular flexibility index (Phi) is 2.33. The first-order valence-electron chi connectivity index (χ1n) is 4.09. The van der Waals surface area contributed by atoms with E-state index in [9.17, 15) is 0 Å². The van der Waals surface area contributed by atoms with E-state index in [4.69, 9.17) is 5.73 Å². The quantitative estimate of drug-likeness (QED) is 0.625. The molecule has 1 radical (unpaired) electrons. The van der Waals surface area contributed by atoms with Gasteiger partial charge in [0.2, 0.25) is 0 Å². The molecule has 0 aromatic rings. The van der Waals surface area contributed by atoms with Crippen LogP contribution in [0.4, 0.5) is 0 Å². The fourth-order valence-corrected chi connectivity index (χ4v) is 2.93. The average Bonchev–Trinajstić information content (AvgIpc) is 2.07. The molecule has 0 spiro atoms. The van der Waals surface area contributed by atoms with Gasteiger partial charge in [-0.25, -0.2) is 0 Å². The van der Waals surface area contributed by atoms with Crippen molar-refractivity contribution in [2.24, 2.45) is 23.0 Å². The van der Waals surface area contributed by atoms with Gasteiger partial charge in [-0.1, -0.05) is 26.7 Å². The van der Waals surface area contributed by atoms with E-state index in [0.29, 0.717) is 5.41 Å². The molecule has 2 aliphatic rings. The molecule has 3 unspecified atom stereocenters. The van der Waals surface area contributed by atoms with Gasteiger partial charge in [-0.05, 0) is 11.3 Å². The van der Waals surface area contributed by atoms with Gasteiger partial charge in [-0.2, -0.15) is 6.42 Å². The van der Waals surface area contributed by atoms with E-state index >= 15 is 0 Å². The van der Waals surface area contributed by atoms with Gasteiger partial charge < -0.3 is 12.2 Å². The molecule has 2 heteroatoms. The topological polar surface area (TPSA) is 26.0 Å². The van der Waals surface area contributed by atoms with E-state index in [2.05, 4.69) is 27.2 Å². The number of hydrogen-bond donors (Lipinski definition) is 1. The van der Waals surface area contributed by atoms with E-state index in [-0.39, 0.29) is 38.2 Å². The van der Waals surface area contributed by atoms with Crippen LogP contribution in [0.15, 0.2) is 0 Å². The standard InChI is InChI=1S/C9H16N.Y/c1-8(2)6-4-5-9(3,10)7(6)8;/h5-7H,4,10H2,1-3H3;/q-1;. The van der Waals surface area contributed by atoms with Gasteiger partial charge in [0.05, 0.1) is 0 Å². The summed E-state index contributed by atoms with van der Waals surface area (Å²) in [6.45, 7) is 6.83. The first-order chi connectivity index (χ1) is 4.46. The summed E-state index contributed by atoms with van der Waals surface area (Å²) in [4.78, 5) is 0. The van der Waals surface area contributed by atoms with Crippen LogP contribution < -0.4 is 5.73 Å². The molecular weight excluding hydrogens is 211 g/mol. The van der Waals surface area contributed by atoms with Crippen molar-refractivity contribution in [1.82, 2.24) is 0 Å². The number of hydrogen-bond acceptors (Lipinski definition) is 1. The molecule has 0 bridgehead atoms. The molecule has 0 heterocycles. The molecule has 0 saturated heterocycles. The van der Waals surface area contributed by atoms with Crippen LogP contribution in [0.3, 0.4) is 0 Å². The van der Waals surface area contributed by atoms with Crippen molar-refractivity contribution >= 4 is 0 Å². The summed E-state index contributed by atoms with van der Waals surface area (Å²) in [5.74, 6) is 1.66. The van der Waals surface area contributed by atoms with E-state index in [0.717, 1.165) is 11.8 Å². The van der Waals surface area contributed by atoms with E-state index in [1.54, 1.807) is 0 Å². The minimum Gasteiger partial charge on any atom is -0.354 e. The maximum Gasteiger partial charge on any atom is 0 e. The molecule has 2 saturated carbocycles. The Morgan fingerprint density at radius 2 is 1.91 bits per heavy atom. The van der Waals surface area contributed by atoms with Crippen molar-refractivity contribution in [2.75, 3.05) is 0 Å². The van der Waals surface area contributed by atoms with Crippen molar-refractivity contribution < 1.29 is 32.7 Å². The Bertz CT molecular complexity index is 174. The summed E-state index contributed by atoms with van der Waals surface area (Å²) in [6, 6.07) is 0. The molecule has 0 aromatic heterocycles. The monoisotopic (exact) mass is 227 g/mol. The maximum absolute atomic E-state index is 6.08. The second kappa shape index (κ2) is 2.53. The Balaban J connectivity index is 0.000000605. The number of fused-ring (bicyclic) bond motifs is 1. The molecule has 2 aliphatic carbocycles. The van der Waals surface area contributed by atoms with Gasteiger partial charge in [-0.15, -0.1) is 5.54 Å². The number of nitrogens with two attached hydrogens (primary N) is 1. The van der Waals surface area contributed by atoms with Crippen molar-refractivity contribution in [3.05, 3.63) is 6.42 Å². The van der Waals surface area contributed by atoms with Crippen molar-refractivity contribution in [2.45, 2.75) is 32.7 Å². The van der Waals surface area contributed by atoms with E-state index < -0.39 is 0 Å². The molecule has 1 nitrogen and oxygen atoms in total. The zero-order valence-electron chi connectivity index (χ0n) is 7.59. The Morgan fingerprint density at radius 1 is 1.36 bits per heavy atom. The molecule has 0 aliphatic heterocycles. The summed E-state index contributed by atoms with van der Waals surface area (Å²) >= 11 is 0. The first-order valence-corrected chi connectivity index (χ1v) is 4.09. The fraction of sp³-hybridized carbons (Fsp3) is 0.889. The molecular formula is C9H16NY-. The van der Waals surface area contributed by atoms with Gasteiger partial charge >= 0.3 is 0 Å². The van der Waals surface area contributed by atoms with Crippen LogP contribution in [0.2, 0.25) is 0 Å². The van der Waals surface area contributed by atoms with Gasteiger partial charge in [0.15, 0.2) is 0 Å². The molecule has 2 N–H and O–H groups in total. The summed E-state index contributed by atoms with van der Waals surface area (Å²) in [7, 11) is 0. The first kappa shape index (κ1) is 10.1. The normalized spacial score (nSPS) is 51.3. The minimum absolute atomic E-state index is 0. The smallest absolute Gasteiger partial charge is 0 e. The van der Waals surface area contributed by atoms with Gasteiger partial charge in [0.1, 0.15) is 0 Å². The van der Waals surface area contributed by atoms with Gasteiger partial charge in [0.25, 0.3) is 0 Å². The Hall–Kier alpha value is 1.06. The van der Waals surface area contributed by atoms with Crippen molar-refractivity contribution in [3.8, 4) is 0 Å². The second-order valence-corrected chi connectivity index (χ2v) is 4.71. The zero-order valence-corrected chi connectivity index (χ0v) is 10.4. The zero-order chi connectivity index (χ0) is 7.57. The largest absolute Gasteiger partial charge is 0.354 e. The van der Waals surface area contributed by atoms with Crippen LogP contribution in [0.5, 0.6) is 0 Å². The SMILES string of the molecule is CC1(N)[CH-]CC2C1C2(C)C.[Y]. The van der Waals surface area contributed by atoms with Crippen molar-refractivity contribution in [3.63, 3.8) is 0 Å². The fourth-order valence-electron chi connectivity index (χ4n) is 2.93. The van der Waals surface area contributed by atoms with E-state index in [1.807, 2.05) is 0 Å². The summed E-state index contributed by atoms with van der Waals surface area (Å²) in [6.07, 6.45) is 3.53. The molecule has 2 rings (SSSR count). The van der Waals surface area contributed by atoms with Crippen LogP contribution in [0, 0.1) is 23.7 Å². The van der Waals surface area contributed by atoms with Crippen LogP contribution >= 0.6 is 0 Å². The third-order valence-corrected chi connectivity index (χ3v) is 3.53. The van der Waals surface area contributed by atoms with Crippen LogP contribution in [0.1, 0.15) is 27.2 Å². The minimum atomic E-state index is 0. The third-order valence-electron chi connectivity index (χ3n) is 3.53. The van der Waals surface area contributed by atoms with Crippen LogP contribution in [0.25, 0.3) is 0 Å². The predicted octanol–water partition coefficient (Wildman–Crippen LogP) is 1.58. The Labute approximate surface area is 94.4 Å². The molecule has 0 aromatic carbocycles. The molecule has 0 amide bonds.